The average molecular weight is 486 g/mol. The fourth-order valence-corrected chi connectivity index (χ4v) is 4.94. The van der Waals surface area contributed by atoms with Crippen molar-refractivity contribution in [3.8, 4) is 0 Å². The lowest BCUT2D eigenvalue weighted by Gasteiger charge is -2.33. The van der Waals surface area contributed by atoms with Crippen molar-refractivity contribution < 1.29 is 19.1 Å². The largest absolute Gasteiger partial charge is 0.441 e. The average Bonchev–Trinajstić information content (AvgIpc) is 3.22. The van der Waals surface area contributed by atoms with Crippen LogP contribution in [0.2, 0.25) is 5.02 Å². The molecule has 1 saturated heterocycles. The minimum atomic E-state index is -0.326. The molecule has 3 atom stereocenters. The Hall–Kier alpha value is -2.61. The Bertz CT molecular complexity index is 967. The highest BCUT2D eigenvalue weighted by atomic mass is 35.5. The Balaban J connectivity index is 1.30. The lowest BCUT2D eigenvalue weighted by Crippen LogP contribution is -2.41. The maximum absolute atomic E-state index is 12.3. The van der Waals surface area contributed by atoms with Crippen LogP contribution in [-0.2, 0) is 9.47 Å². The molecule has 2 N–H and O–H groups in total. The summed E-state index contributed by atoms with van der Waals surface area (Å²) in [4.78, 5) is 26.1. The smallest absolute Gasteiger partial charge is 0.414 e. The maximum atomic E-state index is 12.3. The molecular weight excluding hydrogens is 454 g/mol. The van der Waals surface area contributed by atoms with E-state index in [0.29, 0.717) is 48.8 Å². The van der Waals surface area contributed by atoms with Crippen molar-refractivity contribution in [2.45, 2.75) is 43.7 Å². The Morgan fingerprint density at radius 2 is 1.82 bits per heavy atom. The topological polar surface area (TPSA) is 79.9 Å². The van der Waals surface area contributed by atoms with Crippen molar-refractivity contribution in [3.05, 3.63) is 64.7 Å². The minimum Gasteiger partial charge on any atom is -0.441 e. The number of hydrogen-bond acceptors (Lipinski definition) is 5. The van der Waals surface area contributed by atoms with Crippen LogP contribution in [-0.4, -0.2) is 57.5 Å². The summed E-state index contributed by atoms with van der Waals surface area (Å²) in [7, 11) is 1.60. The van der Waals surface area contributed by atoms with Crippen molar-refractivity contribution in [2.75, 3.05) is 38.3 Å². The molecule has 2 fully saturated rings. The molecule has 2 aromatic rings. The van der Waals surface area contributed by atoms with Crippen LogP contribution >= 0.6 is 11.6 Å². The molecular formula is C26H32ClN3O4. The van der Waals surface area contributed by atoms with Crippen LogP contribution in [0.4, 0.5) is 10.5 Å². The van der Waals surface area contributed by atoms with Crippen LogP contribution in [0.3, 0.4) is 0 Å². The molecule has 0 radical (unpaired) electrons. The minimum absolute atomic E-state index is 0.0950. The van der Waals surface area contributed by atoms with Gasteiger partial charge in [-0.2, -0.15) is 0 Å². The second-order valence-corrected chi connectivity index (χ2v) is 9.31. The van der Waals surface area contributed by atoms with E-state index >= 15 is 0 Å². The Morgan fingerprint density at radius 1 is 1.09 bits per heavy atom. The summed E-state index contributed by atoms with van der Waals surface area (Å²) >= 11 is 5.89. The first-order valence-corrected chi connectivity index (χ1v) is 12.3. The van der Waals surface area contributed by atoms with E-state index in [0.717, 1.165) is 18.5 Å². The van der Waals surface area contributed by atoms with Gasteiger partial charge >= 0.3 is 6.09 Å². The molecule has 1 aliphatic heterocycles. The van der Waals surface area contributed by atoms with Gasteiger partial charge in [0.1, 0.15) is 6.10 Å². The van der Waals surface area contributed by atoms with Crippen molar-refractivity contribution in [3.63, 3.8) is 0 Å². The molecule has 0 aromatic heterocycles. The fraction of sp³-hybridized carbons (Fsp3) is 0.462. The Morgan fingerprint density at radius 3 is 2.56 bits per heavy atom. The van der Waals surface area contributed by atoms with Crippen LogP contribution in [0, 0.1) is 0 Å². The van der Waals surface area contributed by atoms with Gasteiger partial charge in [-0.3, -0.25) is 9.69 Å². The SMILES string of the molecule is COCC1CN(c2ccc([C@@H]3CCCC[C@H]3NCCNC(=O)c3ccc(Cl)cc3)cc2)C(=O)O1. The summed E-state index contributed by atoms with van der Waals surface area (Å²) < 4.78 is 10.5. The van der Waals surface area contributed by atoms with Gasteiger partial charge in [0.2, 0.25) is 0 Å². The van der Waals surface area contributed by atoms with Gasteiger partial charge in [0.25, 0.3) is 5.91 Å². The molecule has 34 heavy (non-hydrogen) atoms. The third-order valence-corrected chi connectivity index (χ3v) is 6.80. The number of carbonyl (C=O) groups excluding carboxylic acids is 2. The van der Waals surface area contributed by atoms with Crippen molar-refractivity contribution in [1.29, 1.82) is 0 Å². The first-order chi connectivity index (χ1) is 16.5. The van der Waals surface area contributed by atoms with E-state index in [1.54, 1.807) is 36.3 Å². The molecule has 1 saturated carbocycles. The zero-order valence-electron chi connectivity index (χ0n) is 19.5. The van der Waals surface area contributed by atoms with E-state index in [1.165, 1.54) is 18.4 Å². The molecule has 1 unspecified atom stereocenters. The predicted octanol–water partition coefficient (Wildman–Crippen LogP) is 4.36. The molecule has 7 nitrogen and oxygen atoms in total. The number of nitrogens with zero attached hydrogens (tertiary/aromatic N) is 1. The number of halogens is 1. The summed E-state index contributed by atoms with van der Waals surface area (Å²) in [5.74, 6) is 0.309. The second-order valence-electron chi connectivity index (χ2n) is 8.88. The highest BCUT2D eigenvalue weighted by molar-refractivity contribution is 6.30. The van der Waals surface area contributed by atoms with Gasteiger partial charge in [0.15, 0.2) is 0 Å². The molecule has 1 heterocycles. The molecule has 2 aliphatic rings. The number of rotatable bonds is 9. The third kappa shape index (κ3) is 6.09. The summed E-state index contributed by atoms with van der Waals surface area (Å²) in [6.45, 7) is 2.17. The van der Waals surface area contributed by atoms with Gasteiger partial charge in [-0.1, -0.05) is 36.6 Å². The monoisotopic (exact) mass is 485 g/mol. The number of ether oxygens (including phenoxy) is 2. The number of anilines is 1. The molecule has 4 rings (SSSR count). The highest BCUT2D eigenvalue weighted by Gasteiger charge is 2.32. The standard InChI is InChI=1S/C26H32ClN3O4/c1-33-17-22-16-30(26(32)34-22)21-12-8-18(9-13-21)23-4-2-3-5-24(23)28-14-15-29-25(31)19-6-10-20(27)11-7-19/h6-13,22-24,28H,2-5,14-17H2,1H3,(H,29,31)/t22?,23-,24+/m0/s1. The van der Waals surface area contributed by atoms with Crippen molar-refractivity contribution >= 4 is 29.3 Å². The number of carbonyl (C=O) groups is 2. The lowest BCUT2D eigenvalue weighted by molar-refractivity contribution is 0.0718. The summed E-state index contributed by atoms with van der Waals surface area (Å²) in [6, 6.07) is 15.5. The van der Waals surface area contributed by atoms with E-state index in [-0.39, 0.29) is 18.1 Å². The zero-order chi connectivity index (χ0) is 23.9. The Kier molecular flexibility index (Phi) is 8.43. The van der Waals surface area contributed by atoms with Crippen LogP contribution in [0.15, 0.2) is 48.5 Å². The zero-order valence-corrected chi connectivity index (χ0v) is 20.2. The van der Waals surface area contributed by atoms with Crippen LogP contribution in [0.1, 0.15) is 47.5 Å². The number of amides is 2. The third-order valence-electron chi connectivity index (χ3n) is 6.55. The molecule has 182 valence electrons. The quantitative estimate of drug-likeness (QED) is 0.516. The van der Waals surface area contributed by atoms with Gasteiger partial charge in [-0.25, -0.2) is 4.79 Å². The number of nitrogens with one attached hydrogen (secondary N) is 2. The van der Waals surface area contributed by atoms with E-state index in [1.807, 2.05) is 12.1 Å². The van der Waals surface area contributed by atoms with Crippen molar-refractivity contribution in [1.82, 2.24) is 10.6 Å². The first-order valence-electron chi connectivity index (χ1n) is 11.9. The molecule has 0 bridgehead atoms. The molecule has 2 amide bonds. The van der Waals surface area contributed by atoms with Crippen LogP contribution in [0.25, 0.3) is 0 Å². The van der Waals surface area contributed by atoms with E-state index in [4.69, 9.17) is 21.1 Å². The van der Waals surface area contributed by atoms with E-state index in [9.17, 15) is 9.59 Å². The van der Waals surface area contributed by atoms with Crippen molar-refractivity contribution in [2.24, 2.45) is 0 Å². The fourth-order valence-electron chi connectivity index (χ4n) is 4.82. The summed E-state index contributed by atoms with van der Waals surface area (Å²) in [5.41, 5.74) is 2.72. The van der Waals surface area contributed by atoms with Gasteiger partial charge in [0, 0.05) is 42.5 Å². The molecule has 1 aliphatic carbocycles. The normalized spacial score (nSPS) is 22.5. The van der Waals surface area contributed by atoms with E-state index < -0.39 is 0 Å². The predicted molar refractivity (Wildman–Crippen MR) is 133 cm³/mol. The Labute approximate surface area is 205 Å². The van der Waals surface area contributed by atoms with Gasteiger partial charge in [0.05, 0.1) is 13.2 Å². The van der Waals surface area contributed by atoms with Gasteiger partial charge in [-0.05, 0) is 60.7 Å². The first kappa shape index (κ1) is 24.5. The molecule has 0 spiro atoms. The number of benzene rings is 2. The second kappa shape index (κ2) is 11.7. The van der Waals surface area contributed by atoms with Gasteiger partial charge in [-0.15, -0.1) is 0 Å². The van der Waals surface area contributed by atoms with E-state index in [2.05, 4.69) is 22.8 Å². The number of hydrogen-bond donors (Lipinski definition) is 2. The van der Waals surface area contributed by atoms with Crippen LogP contribution < -0.4 is 15.5 Å². The molecule has 2 aromatic carbocycles. The lowest BCUT2D eigenvalue weighted by atomic mass is 9.80. The molecule has 8 heteroatoms. The number of methoxy groups -OCH3 is 1. The number of cyclic esters (lactones) is 1. The maximum Gasteiger partial charge on any atom is 0.414 e. The van der Waals surface area contributed by atoms with Gasteiger partial charge < -0.3 is 20.1 Å². The highest BCUT2D eigenvalue weighted by Crippen LogP contribution is 2.34. The summed E-state index contributed by atoms with van der Waals surface area (Å²) in [5, 5.41) is 7.23. The van der Waals surface area contributed by atoms with Crippen LogP contribution in [0.5, 0.6) is 0 Å². The summed E-state index contributed by atoms with van der Waals surface area (Å²) in [6.07, 6.45) is 4.07.